The minimum absolute atomic E-state index is 1.11. The summed E-state index contributed by atoms with van der Waals surface area (Å²) < 4.78 is 0. The number of rotatable bonds is 5. The first-order valence-corrected chi connectivity index (χ1v) is 15.8. The van der Waals surface area contributed by atoms with Crippen molar-refractivity contribution in [3.63, 3.8) is 0 Å². The Morgan fingerprint density at radius 3 is 1.43 bits per heavy atom. The molecule has 0 heteroatoms. The Bertz CT molecular complexity index is 2650. The number of benzene rings is 9. The fourth-order valence-electron chi connectivity index (χ4n) is 7.81. The third-order valence-electron chi connectivity index (χ3n) is 9.78. The van der Waals surface area contributed by atoms with E-state index < -0.39 is 0 Å². The third-order valence-corrected chi connectivity index (χ3v) is 9.78. The van der Waals surface area contributed by atoms with Crippen molar-refractivity contribution in [3.8, 4) is 33.4 Å². The molecule has 0 aliphatic carbocycles. The average molecular weight is 583 g/mol. The Labute approximate surface area is 268 Å². The van der Waals surface area contributed by atoms with E-state index in [0.29, 0.717) is 0 Å². The van der Waals surface area contributed by atoms with Crippen molar-refractivity contribution in [3.05, 3.63) is 170 Å². The highest BCUT2D eigenvalue weighted by Crippen LogP contribution is 2.48. The molecule has 9 rings (SSSR count). The van der Waals surface area contributed by atoms with E-state index in [9.17, 15) is 0 Å². The van der Waals surface area contributed by atoms with Crippen LogP contribution in [0.25, 0.3) is 99.4 Å². The van der Waals surface area contributed by atoms with Gasteiger partial charge in [0.1, 0.15) is 0 Å². The van der Waals surface area contributed by atoms with Crippen molar-refractivity contribution in [2.75, 3.05) is 0 Å². The van der Waals surface area contributed by atoms with Gasteiger partial charge in [0.25, 0.3) is 0 Å². The monoisotopic (exact) mass is 582 g/mol. The maximum absolute atomic E-state index is 4.39. The smallest absolute Gasteiger partial charge is 0.00203 e. The molecule has 9 aromatic rings. The number of fused-ring (bicyclic) bond motifs is 2. The van der Waals surface area contributed by atoms with Crippen LogP contribution in [0.5, 0.6) is 0 Å². The summed E-state index contributed by atoms with van der Waals surface area (Å²) in [7, 11) is 0. The van der Waals surface area contributed by atoms with Gasteiger partial charge in [-0.25, -0.2) is 0 Å². The van der Waals surface area contributed by atoms with Crippen molar-refractivity contribution in [1.82, 2.24) is 0 Å². The first-order valence-electron chi connectivity index (χ1n) is 15.8. The molecule has 0 bridgehead atoms. The first-order chi connectivity index (χ1) is 22.8. The standard InChI is InChI=1S/C46H30/c1-3-33-34(4-2)46(39-19-11-10-18-38(39)45(33)37-20-12-16-30-15-8-9-17-35(30)37)42-28-24-32-22-26-40-36(29-13-6-5-7-14-29)25-21-31-23-27-41(42)44(32)43(31)40/h3-28H,1-2H2. The molecule has 0 amide bonds. The second kappa shape index (κ2) is 10.3. The molecule has 0 atom stereocenters. The minimum Gasteiger partial charge on any atom is -0.0984 e. The molecular weight excluding hydrogens is 553 g/mol. The SMILES string of the molecule is C=Cc1c(C=C)c(-c2ccc3ccc4c(-c5ccccc5)ccc5ccc2c3c54)c2ccccc2c1-c1cccc2ccccc12. The lowest BCUT2D eigenvalue weighted by atomic mass is 9.80. The zero-order chi connectivity index (χ0) is 30.8. The molecule has 0 radical (unpaired) electrons. The fraction of sp³-hybridized carbons (Fsp3) is 0. The lowest BCUT2D eigenvalue weighted by molar-refractivity contribution is 1.61. The summed E-state index contributed by atoms with van der Waals surface area (Å²) >= 11 is 0. The molecule has 9 aromatic carbocycles. The summed E-state index contributed by atoms with van der Waals surface area (Å²) in [5, 5.41) is 12.6. The molecule has 46 heavy (non-hydrogen) atoms. The van der Waals surface area contributed by atoms with Gasteiger partial charge in [0, 0.05) is 0 Å². The maximum atomic E-state index is 4.39. The molecule has 0 spiro atoms. The largest absolute Gasteiger partial charge is 0.0984 e. The van der Waals surface area contributed by atoms with Gasteiger partial charge in [-0.15, -0.1) is 0 Å². The second-order valence-electron chi connectivity index (χ2n) is 12.1. The molecule has 0 unspecified atom stereocenters. The predicted octanol–water partition coefficient (Wildman–Crippen LogP) is 13.2. The molecule has 0 saturated carbocycles. The topological polar surface area (TPSA) is 0 Å². The van der Waals surface area contributed by atoms with Crippen molar-refractivity contribution in [2.45, 2.75) is 0 Å². The lowest BCUT2D eigenvalue weighted by Gasteiger charge is -2.23. The molecule has 0 nitrogen and oxygen atoms in total. The molecule has 0 saturated heterocycles. The Morgan fingerprint density at radius 2 is 0.804 bits per heavy atom. The molecule has 0 aromatic heterocycles. The molecule has 0 heterocycles. The summed E-state index contributed by atoms with van der Waals surface area (Å²) in [5.74, 6) is 0. The molecule has 214 valence electrons. The van der Waals surface area contributed by atoms with Crippen LogP contribution in [-0.2, 0) is 0 Å². The second-order valence-corrected chi connectivity index (χ2v) is 12.1. The Morgan fingerprint density at radius 1 is 0.326 bits per heavy atom. The Kier molecular flexibility index (Phi) is 5.91. The van der Waals surface area contributed by atoms with Gasteiger partial charge in [-0.05, 0) is 98.4 Å². The van der Waals surface area contributed by atoms with Gasteiger partial charge in [0.05, 0.1) is 0 Å². The van der Waals surface area contributed by atoms with Crippen molar-refractivity contribution in [1.29, 1.82) is 0 Å². The molecule has 0 aliphatic heterocycles. The highest BCUT2D eigenvalue weighted by atomic mass is 14.2. The van der Waals surface area contributed by atoms with Gasteiger partial charge < -0.3 is 0 Å². The van der Waals surface area contributed by atoms with E-state index in [1.807, 2.05) is 12.2 Å². The Balaban J connectivity index is 1.41. The van der Waals surface area contributed by atoms with Gasteiger partial charge in [-0.1, -0.05) is 171 Å². The fourth-order valence-corrected chi connectivity index (χ4v) is 7.81. The molecular formula is C46H30. The van der Waals surface area contributed by atoms with E-state index >= 15 is 0 Å². The quantitative estimate of drug-likeness (QED) is 0.177. The minimum atomic E-state index is 1.11. The van der Waals surface area contributed by atoms with Crippen LogP contribution < -0.4 is 0 Å². The van der Waals surface area contributed by atoms with Gasteiger partial charge in [0.2, 0.25) is 0 Å². The van der Waals surface area contributed by atoms with Crippen molar-refractivity contribution >= 4 is 66.0 Å². The lowest BCUT2D eigenvalue weighted by Crippen LogP contribution is -1.97. The summed E-state index contributed by atoms with van der Waals surface area (Å²) in [6.45, 7) is 8.76. The normalized spacial score (nSPS) is 11.7. The number of hydrogen-bond donors (Lipinski definition) is 0. The van der Waals surface area contributed by atoms with E-state index in [2.05, 4.69) is 159 Å². The summed E-state index contributed by atoms with van der Waals surface area (Å²) in [6, 6.07) is 53.1. The first kappa shape index (κ1) is 26.4. The van der Waals surface area contributed by atoms with Gasteiger partial charge in [0.15, 0.2) is 0 Å². The van der Waals surface area contributed by atoms with Crippen LogP contribution in [0, 0.1) is 0 Å². The van der Waals surface area contributed by atoms with E-state index in [1.54, 1.807) is 0 Å². The molecule has 0 fully saturated rings. The van der Waals surface area contributed by atoms with Crippen LogP contribution in [0.3, 0.4) is 0 Å². The van der Waals surface area contributed by atoms with Crippen LogP contribution in [-0.4, -0.2) is 0 Å². The van der Waals surface area contributed by atoms with Crippen LogP contribution in [0.4, 0.5) is 0 Å². The Hall–Kier alpha value is -5.98. The van der Waals surface area contributed by atoms with Crippen LogP contribution in [0.2, 0.25) is 0 Å². The zero-order valence-corrected chi connectivity index (χ0v) is 25.4. The van der Waals surface area contributed by atoms with Crippen LogP contribution >= 0.6 is 0 Å². The van der Waals surface area contributed by atoms with Crippen LogP contribution in [0.15, 0.2) is 159 Å². The highest BCUT2D eigenvalue weighted by molar-refractivity contribution is 6.29. The van der Waals surface area contributed by atoms with Crippen molar-refractivity contribution < 1.29 is 0 Å². The predicted molar refractivity (Wildman–Crippen MR) is 202 cm³/mol. The van der Waals surface area contributed by atoms with E-state index in [1.165, 1.54) is 87.2 Å². The zero-order valence-electron chi connectivity index (χ0n) is 25.4. The van der Waals surface area contributed by atoms with Gasteiger partial charge in [-0.2, -0.15) is 0 Å². The number of hydrogen-bond acceptors (Lipinski definition) is 0. The third kappa shape index (κ3) is 3.74. The summed E-state index contributed by atoms with van der Waals surface area (Å²) in [5.41, 5.74) is 9.54. The average Bonchev–Trinajstić information content (AvgIpc) is 3.13. The van der Waals surface area contributed by atoms with Crippen molar-refractivity contribution in [2.24, 2.45) is 0 Å². The van der Waals surface area contributed by atoms with Gasteiger partial charge >= 0.3 is 0 Å². The molecule has 0 aliphatic rings. The maximum Gasteiger partial charge on any atom is -0.00203 e. The van der Waals surface area contributed by atoms with Crippen LogP contribution in [0.1, 0.15) is 11.1 Å². The van der Waals surface area contributed by atoms with E-state index in [0.717, 1.165) is 11.1 Å². The summed E-state index contributed by atoms with van der Waals surface area (Å²) in [4.78, 5) is 0. The van der Waals surface area contributed by atoms with E-state index in [4.69, 9.17) is 0 Å². The van der Waals surface area contributed by atoms with E-state index in [-0.39, 0.29) is 0 Å². The molecule has 0 N–H and O–H groups in total. The highest BCUT2D eigenvalue weighted by Gasteiger charge is 2.22. The summed E-state index contributed by atoms with van der Waals surface area (Å²) in [6.07, 6.45) is 4.05. The van der Waals surface area contributed by atoms with Gasteiger partial charge in [-0.3, -0.25) is 0 Å².